The van der Waals surface area contributed by atoms with Crippen LogP contribution in [0.2, 0.25) is 0 Å². The topological polar surface area (TPSA) is 32.8 Å². The summed E-state index contributed by atoms with van der Waals surface area (Å²) in [5.74, 6) is -1.13. The third-order valence-electron chi connectivity index (χ3n) is 3.35. The van der Waals surface area contributed by atoms with Gasteiger partial charge in [-0.3, -0.25) is 4.90 Å². The first-order valence-corrected chi connectivity index (χ1v) is 7.38. The first-order chi connectivity index (χ1) is 10.2. The molecule has 0 radical (unpaired) electrons. The highest BCUT2D eigenvalue weighted by Gasteiger charge is 2.25. The van der Waals surface area contributed by atoms with Crippen LogP contribution in [0.4, 0.5) is 13.6 Å². The average molecular weight is 312 g/mol. The van der Waals surface area contributed by atoms with Crippen LogP contribution in [0.5, 0.6) is 0 Å². The minimum Gasteiger partial charge on any atom is -0.444 e. The molecule has 6 heteroatoms. The van der Waals surface area contributed by atoms with Gasteiger partial charge in [0.2, 0.25) is 0 Å². The second-order valence-electron chi connectivity index (χ2n) is 6.52. The van der Waals surface area contributed by atoms with Crippen molar-refractivity contribution < 1.29 is 18.3 Å². The number of hydrogen-bond donors (Lipinski definition) is 0. The molecular weight excluding hydrogens is 290 g/mol. The number of amides is 1. The Hall–Kier alpha value is -1.69. The first kappa shape index (κ1) is 16.7. The van der Waals surface area contributed by atoms with Crippen LogP contribution in [0.25, 0.3) is 0 Å². The zero-order valence-electron chi connectivity index (χ0n) is 13.2. The fourth-order valence-electron chi connectivity index (χ4n) is 2.38. The van der Waals surface area contributed by atoms with Crippen molar-refractivity contribution in [3.63, 3.8) is 0 Å². The lowest BCUT2D eigenvalue weighted by molar-refractivity contribution is 0.0139. The SMILES string of the molecule is CC(C)(C)OC(=O)N1CCN(Cc2cc(F)cc(F)c2)CC1. The van der Waals surface area contributed by atoms with E-state index in [9.17, 15) is 13.6 Å². The Kier molecular flexibility index (Phi) is 5.01. The van der Waals surface area contributed by atoms with Crippen molar-refractivity contribution in [3.05, 3.63) is 35.4 Å². The molecule has 1 aliphatic rings. The van der Waals surface area contributed by atoms with E-state index >= 15 is 0 Å². The standard InChI is InChI=1S/C16H22F2N2O2/c1-16(2,3)22-15(21)20-6-4-19(5-7-20)11-12-8-13(17)10-14(18)9-12/h8-10H,4-7,11H2,1-3H3. The molecule has 0 atom stereocenters. The highest BCUT2D eigenvalue weighted by Crippen LogP contribution is 2.14. The van der Waals surface area contributed by atoms with Crippen molar-refractivity contribution in [2.45, 2.75) is 32.9 Å². The number of rotatable bonds is 2. The van der Waals surface area contributed by atoms with Crippen LogP contribution in [0, 0.1) is 11.6 Å². The van der Waals surface area contributed by atoms with Crippen molar-refractivity contribution in [2.24, 2.45) is 0 Å². The molecule has 4 nitrogen and oxygen atoms in total. The average Bonchev–Trinajstić information content (AvgIpc) is 2.36. The molecule has 1 fully saturated rings. The third kappa shape index (κ3) is 4.94. The number of carbonyl (C=O) groups excluding carboxylic acids is 1. The summed E-state index contributed by atoms with van der Waals surface area (Å²) in [6.45, 7) is 8.37. The summed E-state index contributed by atoms with van der Waals surface area (Å²) in [6, 6.07) is 3.54. The van der Waals surface area contributed by atoms with Gasteiger partial charge in [0.1, 0.15) is 17.2 Å². The Balaban J connectivity index is 1.86. The summed E-state index contributed by atoms with van der Waals surface area (Å²) >= 11 is 0. The molecule has 1 aromatic carbocycles. The lowest BCUT2D eigenvalue weighted by Gasteiger charge is -2.35. The Labute approximate surface area is 129 Å². The van der Waals surface area contributed by atoms with Gasteiger partial charge in [-0.2, -0.15) is 0 Å². The summed E-state index contributed by atoms with van der Waals surface area (Å²) in [4.78, 5) is 15.7. The fraction of sp³-hybridized carbons (Fsp3) is 0.562. The molecule has 1 amide bonds. The maximum Gasteiger partial charge on any atom is 0.410 e. The van der Waals surface area contributed by atoms with E-state index in [1.54, 1.807) is 4.90 Å². The third-order valence-corrected chi connectivity index (χ3v) is 3.35. The highest BCUT2D eigenvalue weighted by molar-refractivity contribution is 5.68. The molecule has 0 bridgehead atoms. The van der Waals surface area contributed by atoms with Crippen LogP contribution in [0.1, 0.15) is 26.3 Å². The Bertz CT molecular complexity index is 515. The minimum absolute atomic E-state index is 0.316. The lowest BCUT2D eigenvalue weighted by atomic mass is 10.2. The van der Waals surface area contributed by atoms with E-state index in [0.717, 1.165) is 6.07 Å². The van der Waals surface area contributed by atoms with Crippen LogP contribution in [0.3, 0.4) is 0 Å². The van der Waals surface area contributed by atoms with E-state index in [1.807, 2.05) is 20.8 Å². The van der Waals surface area contributed by atoms with Crippen molar-refractivity contribution >= 4 is 6.09 Å². The van der Waals surface area contributed by atoms with E-state index in [2.05, 4.69) is 4.90 Å². The number of ether oxygens (including phenoxy) is 1. The van der Waals surface area contributed by atoms with Gasteiger partial charge in [0.15, 0.2) is 0 Å². The van der Waals surface area contributed by atoms with Crippen molar-refractivity contribution in [1.29, 1.82) is 0 Å². The van der Waals surface area contributed by atoms with Gasteiger partial charge >= 0.3 is 6.09 Å². The fourth-order valence-corrected chi connectivity index (χ4v) is 2.38. The summed E-state index contributed by atoms with van der Waals surface area (Å²) in [5.41, 5.74) is 0.0936. The Morgan fingerprint density at radius 2 is 1.64 bits per heavy atom. The number of halogens is 2. The molecular formula is C16H22F2N2O2. The highest BCUT2D eigenvalue weighted by atomic mass is 19.1. The van der Waals surface area contributed by atoms with E-state index < -0.39 is 17.2 Å². The molecule has 122 valence electrons. The van der Waals surface area contributed by atoms with Gasteiger partial charge in [0.25, 0.3) is 0 Å². The van der Waals surface area contributed by atoms with Gasteiger partial charge in [-0.05, 0) is 38.5 Å². The van der Waals surface area contributed by atoms with Crippen LogP contribution in [-0.4, -0.2) is 47.7 Å². The summed E-state index contributed by atoms with van der Waals surface area (Å²) in [6.07, 6.45) is -0.316. The van der Waals surface area contributed by atoms with Crippen molar-refractivity contribution in [3.8, 4) is 0 Å². The first-order valence-electron chi connectivity index (χ1n) is 7.38. The van der Waals surface area contributed by atoms with E-state index in [0.29, 0.717) is 38.3 Å². The number of carbonyl (C=O) groups is 1. The van der Waals surface area contributed by atoms with E-state index in [1.165, 1.54) is 12.1 Å². The summed E-state index contributed by atoms with van der Waals surface area (Å²) in [7, 11) is 0. The molecule has 1 saturated heterocycles. The van der Waals surface area contributed by atoms with Crippen molar-refractivity contribution in [2.75, 3.05) is 26.2 Å². The second-order valence-corrected chi connectivity index (χ2v) is 6.52. The quantitative estimate of drug-likeness (QED) is 0.841. The van der Waals surface area contributed by atoms with Gasteiger partial charge in [-0.15, -0.1) is 0 Å². The minimum atomic E-state index is -0.567. The predicted octanol–water partition coefficient (Wildman–Crippen LogP) is 3.02. The van der Waals surface area contributed by atoms with E-state index in [-0.39, 0.29) is 6.09 Å². The number of hydrogen-bond acceptors (Lipinski definition) is 3. The molecule has 0 aliphatic carbocycles. The number of nitrogens with zero attached hydrogens (tertiary/aromatic N) is 2. The molecule has 0 N–H and O–H groups in total. The second kappa shape index (κ2) is 6.60. The predicted molar refractivity (Wildman–Crippen MR) is 79.4 cm³/mol. The van der Waals surface area contributed by atoms with Crippen LogP contribution >= 0.6 is 0 Å². The normalized spacial score (nSPS) is 16.7. The molecule has 1 aliphatic heterocycles. The van der Waals surface area contributed by atoms with Gasteiger partial charge in [0.05, 0.1) is 0 Å². The Morgan fingerprint density at radius 3 is 2.14 bits per heavy atom. The number of piperazine rings is 1. The largest absolute Gasteiger partial charge is 0.444 e. The maximum absolute atomic E-state index is 13.2. The Morgan fingerprint density at radius 1 is 1.09 bits per heavy atom. The molecule has 1 heterocycles. The van der Waals surface area contributed by atoms with Gasteiger partial charge in [0, 0.05) is 38.8 Å². The summed E-state index contributed by atoms with van der Waals surface area (Å²) in [5, 5.41) is 0. The van der Waals surface area contributed by atoms with Crippen LogP contribution < -0.4 is 0 Å². The molecule has 0 unspecified atom stereocenters. The zero-order chi connectivity index (χ0) is 16.3. The smallest absolute Gasteiger partial charge is 0.410 e. The van der Waals surface area contributed by atoms with Gasteiger partial charge in [-0.25, -0.2) is 13.6 Å². The lowest BCUT2D eigenvalue weighted by Crippen LogP contribution is -2.49. The van der Waals surface area contributed by atoms with Gasteiger partial charge < -0.3 is 9.64 Å². The molecule has 0 saturated carbocycles. The van der Waals surface area contributed by atoms with Crippen molar-refractivity contribution in [1.82, 2.24) is 9.80 Å². The molecule has 22 heavy (non-hydrogen) atoms. The van der Waals surface area contributed by atoms with E-state index in [4.69, 9.17) is 4.74 Å². The maximum atomic E-state index is 13.2. The van der Waals surface area contributed by atoms with Crippen LogP contribution in [-0.2, 0) is 11.3 Å². The monoisotopic (exact) mass is 312 g/mol. The molecule has 1 aromatic rings. The zero-order valence-corrected chi connectivity index (χ0v) is 13.2. The molecule has 2 rings (SSSR count). The number of benzene rings is 1. The van der Waals surface area contributed by atoms with Crippen LogP contribution in [0.15, 0.2) is 18.2 Å². The summed E-state index contributed by atoms with van der Waals surface area (Å²) < 4.78 is 31.7. The van der Waals surface area contributed by atoms with Gasteiger partial charge in [-0.1, -0.05) is 0 Å². The molecule has 0 aromatic heterocycles. The molecule has 0 spiro atoms.